The molecule has 1 heterocycles. The number of carbonyl (C=O) groups excluding carboxylic acids is 1. The number of nitrogens with zero attached hydrogens (tertiary/aromatic N) is 1. The number of ether oxygens (including phenoxy) is 1. The second-order valence-corrected chi connectivity index (χ2v) is 3.55. The third-order valence-electron chi connectivity index (χ3n) is 2.00. The van der Waals surface area contributed by atoms with Crippen LogP contribution in [0.1, 0.15) is 24.6 Å². The van der Waals surface area contributed by atoms with Gasteiger partial charge >= 0.3 is 5.97 Å². The summed E-state index contributed by atoms with van der Waals surface area (Å²) in [6.07, 6.45) is -2.06. The van der Waals surface area contributed by atoms with Crippen molar-refractivity contribution < 1.29 is 18.3 Å². The first-order valence-electron chi connectivity index (χ1n) is 4.83. The van der Waals surface area contributed by atoms with Gasteiger partial charge in [0, 0.05) is 0 Å². The van der Waals surface area contributed by atoms with Gasteiger partial charge in [-0.15, -0.1) is 0 Å². The summed E-state index contributed by atoms with van der Waals surface area (Å²) in [6.45, 7) is 1.79. The molecule has 1 aromatic heterocycles. The number of rotatable bonds is 4. The largest absolute Gasteiger partial charge is 0.466 e. The van der Waals surface area contributed by atoms with Gasteiger partial charge in [-0.2, -0.15) is 0 Å². The molecule has 2 N–H and O–H groups in total. The average molecular weight is 265 g/mol. The van der Waals surface area contributed by atoms with E-state index in [0.717, 1.165) is 6.20 Å². The van der Waals surface area contributed by atoms with Gasteiger partial charge in [-0.3, -0.25) is 9.78 Å². The van der Waals surface area contributed by atoms with Gasteiger partial charge < -0.3 is 10.5 Å². The maximum atomic E-state index is 12.8. The molecule has 0 spiro atoms. The van der Waals surface area contributed by atoms with Crippen LogP contribution in [0.2, 0.25) is 5.02 Å². The van der Waals surface area contributed by atoms with Gasteiger partial charge in [-0.1, -0.05) is 11.6 Å². The van der Waals surface area contributed by atoms with Crippen LogP contribution in [0.15, 0.2) is 6.20 Å². The molecule has 1 rings (SSSR count). The number of carbonyl (C=O) groups is 1. The SMILES string of the molecule is CCOC(=O)Cc1ncc(N)c(Cl)c1C(F)F. The monoisotopic (exact) mass is 264 g/mol. The fraction of sp³-hybridized carbons (Fsp3) is 0.400. The molecule has 94 valence electrons. The van der Waals surface area contributed by atoms with Crippen LogP contribution in [0.25, 0.3) is 0 Å². The van der Waals surface area contributed by atoms with E-state index in [1.54, 1.807) is 6.92 Å². The lowest BCUT2D eigenvalue weighted by Crippen LogP contribution is -2.12. The molecule has 4 nitrogen and oxygen atoms in total. The molecular formula is C10H11ClF2N2O2. The number of esters is 1. The average Bonchev–Trinajstić information content (AvgIpc) is 2.23. The minimum Gasteiger partial charge on any atom is -0.466 e. The van der Waals surface area contributed by atoms with Gasteiger partial charge in [0.1, 0.15) is 0 Å². The number of alkyl halides is 2. The topological polar surface area (TPSA) is 65.2 Å². The van der Waals surface area contributed by atoms with Crippen molar-refractivity contribution in [3.8, 4) is 0 Å². The number of hydrogen-bond donors (Lipinski definition) is 1. The summed E-state index contributed by atoms with van der Waals surface area (Å²) >= 11 is 5.66. The van der Waals surface area contributed by atoms with Crippen molar-refractivity contribution in [2.24, 2.45) is 0 Å². The lowest BCUT2D eigenvalue weighted by Gasteiger charge is -2.10. The van der Waals surface area contributed by atoms with Crippen LogP contribution in [0.5, 0.6) is 0 Å². The summed E-state index contributed by atoms with van der Waals surface area (Å²) in [7, 11) is 0. The summed E-state index contributed by atoms with van der Waals surface area (Å²) in [5, 5.41) is -0.269. The zero-order chi connectivity index (χ0) is 13.0. The highest BCUT2D eigenvalue weighted by Crippen LogP contribution is 2.33. The summed E-state index contributed by atoms with van der Waals surface area (Å²) < 4.78 is 30.2. The predicted octanol–water partition coefficient (Wildman–Crippen LogP) is 2.36. The fourth-order valence-corrected chi connectivity index (χ4v) is 1.51. The highest BCUT2D eigenvalue weighted by atomic mass is 35.5. The first-order valence-corrected chi connectivity index (χ1v) is 5.21. The van der Waals surface area contributed by atoms with E-state index in [2.05, 4.69) is 9.72 Å². The number of halogens is 3. The molecule has 0 fully saturated rings. The van der Waals surface area contributed by atoms with Crippen LogP contribution in [0.3, 0.4) is 0 Å². The predicted molar refractivity (Wildman–Crippen MR) is 59.0 cm³/mol. The van der Waals surface area contributed by atoms with Crippen LogP contribution < -0.4 is 5.73 Å². The Bertz CT molecular complexity index is 427. The van der Waals surface area contributed by atoms with E-state index >= 15 is 0 Å². The number of nitrogens with two attached hydrogens (primary N) is 1. The highest BCUT2D eigenvalue weighted by molar-refractivity contribution is 6.33. The van der Waals surface area contributed by atoms with E-state index in [-0.39, 0.29) is 29.4 Å². The molecule has 0 saturated heterocycles. The zero-order valence-electron chi connectivity index (χ0n) is 9.04. The van der Waals surface area contributed by atoms with E-state index in [9.17, 15) is 13.6 Å². The molecule has 0 atom stereocenters. The Balaban J connectivity index is 3.07. The Kier molecular flexibility index (Phi) is 4.62. The van der Waals surface area contributed by atoms with Gasteiger partial charge in [-0.25, -0.2) is 8.78 Å². The van der Waals surface area contributed by atoms with Crippen LogP contribution in [0, 0.1) is 0 Å². The first kappa shape index (κ1) is 13.6. The Morgan fingerprint density at radius 3 is 2.82 bits per heavy atom. The van der Waals surface area contributed by atoms with Crippen LogP contribution in [-0.4, -0.2) is 17.6 Å². The van der Waals surface area contributed by atoms with Crippen molar-refractivity contribution >= 4 is 23.3 Å². The Morgan fingerprint density at radius 2 is 2.29 bits per heavy atom. The second-order valence-electron chi connectivity index (χ2n) is 3.17. The summed E-state index contributed by atoms with van der Waals surface area (Å²) in [6, 6.07) is 0. The standard InChI is InChI=1S/C10H11ClF2N2O2/c1-2-17-7(16)3-6-8(10(12)13)9(11)5(14)4-15-6/h4,10H,2-3,14H2,1H3. The Labute approximate surface area is 102 Å². The number of aromatic nitrogens is 1. The molecule has 0 unspecified atom stereocenters. The third-order valence-corrected chi connectivity index (χ3v) is 2.42. The van der Waals surface area contributed by atoms with Gasteiger partial charge in [0.15, 0.2) is 0 Å². The Morgan fingerprint density at radius 1 is 1.65 bits per heavy atom. The molecule has 0 aliphatic rings. The highest BCUT2D eigenvalue weighted by Gasteiger charge is 2.22. The maximum Gasteiger partial charge on any atom is 0.311 e. The van der Waals surface area contributed by atoms with Crippen molar-refractivity contribution in [2.75, 3.05) is 12.3 Å². The molecule has 0 radical (unpaired) electrons. The van der Waals surface area contributed by atoms with Crippen molar-refractivity contribution in [3.63, 3.8) is 0 Å². The normalized spacial score (nSPS) is 10.6. The lowest BCUT2D eigenvalue weighted by atomic mass is 10.1. The third kappa shape index (κ3) is 3.26. The molecule has 0 amide bonds. The molecule has 0 saturated carbocycles. The molecule has 0 aromatic carbocycles. The van der Waals surface area contributed by atoms with E-state index < -0.39 is 18.0 Å². The summed E-state index contributed by atoms with van der Waals surface area (Å²) in [5.41, 5.74) is 4.70. The van der Waals surface area contributed by atoms with Crippen molar-refractivity contribution in [2.45, 2.75) is 19.8 Å². The minimum atomic E-state index is -2.84. The van der Waals surface area contributed by atoms with Crippen LogP contribution in [0.4, 0.5) is 14.5 Å². The molecule has 7 heteroatoms. The molecular weight excluding hydrogens is 254 g/mol. The number of hydrogen-bond acceptors (Lipinski definition) is 4. The lowest BCUT2D eigenvalue weighted by molar-refractivity contribution is -0.142. The van der Waals surface area contributed by atoms with Gasteiger partial charge in [0.05, 0.1) is 41.2 Å². The first-order chi connectivity index (χ1) is 7.97. The van der Waals surface area contributed by atoms with Gasteiger partial charge in [0.25, 0.3) is 6.43 Å². The quantitative estimate of drug-likeness (QED) is 0.848. The molecule has 0 bridgehead atoms. The van der Waals surface area contributed by atoms with Crippen LogP contribution >= 0.6 is 11.6 Å². The second kappa shape index (κ2) is 5.77. The van der Waals surface area contributed by atoms with E-state index in [0.29, 0.717) is 0 Å². The van der Waals surface area contributed by atoms with Crippen LogP contribution in [-0.2, 0) is 16.0 Å². The minimum absolute atomic E-state index is 0.0467. The number of nitrogen functional groups attached to an aromatic ring is 1. The summed E-state index contributed by atoms with van der Waals surface area (Å²) in [4.78, 5) is 14.9. The van der Waals surface area contributed by atoms with Gasteiger partial charge in [0.2, 0.25) is 0 Å². The van der Waals surface area contributed by atoms with Crippen molar-refractivity contribution in [3.05, 3.63) is 22.5 Å². The summed E-state index contributed by atoms with van der Waals surface area (Å²) in [5.74, 6) is -0.636. The molecule has 1 aromatic rings. The van der Waals surface area contributed by atoms with Crippen molar-refractivity contribution in [1.82, 2.24) is 4.98 Å². The van der Waals surface area contributed by atoms with E-state index in [1.807, 2.05) is 0 Å². The molecule has 17 heavy (non-hydrogen) atoms. The molecule has 0 aliphatic carbocycles. The fourth-order valence-electron chi connectivity index (χ4n) is 1.27. The van der Waals surface area contributed by atoms with Gasteiger partial charge in [-0.05, 0) is 6.92 Å². The van der Waals surface area contributed by atoms with E-state index in [4.69, 9.17) is 17.3 Å². The van der Waals surface area contributed by atoms with Crippen molar-refractivity contribution in [1.29, 1.82) is 0 Å². The number of anilines is 1. The molecule has 0 aliphatic heterocycles. The van der Waals surface area contributed by atoms with E-state index in [1.165, 1.54) is 0 Å². The maximum absolute atomic E-state index is 12.8. The number of pyridine rings is 1. The smallest absolute Gasteiger partial charge is 0.311 e. The zero-order valence-corrected chi connectivity index (χ0v) is 9.80. The Hall–Kier alpha value is -1.43.